The van der Waals surface area contributed by atoms with Crippen molar-refractivity contribution in [3.05, 3.63) is 449 Å². The van der Waals surface area contributed by atoms with Crippen LogP contribution < -0.4 is 28.7 Å². The summed E-state index contributed by atoms with van der Waals surface area (Å²) in [7, 11) is 22.6. The average Bonchev–Trinajstić information content (AvgIpc) is 1.56. The molecule has 3 aliphatic rings. The van der Waals surface area contributed by atoms with Crippen molar-refractivity contribution < 1.29 is 98.6 Å². The van der Waals surface area contributed by atoms with Gasteiger partial charge in [0, 0.05) is 100.0 Å². The SMILES string of the molecule is CCCCC1(CCCC)c2ccccc2-c2ccc(C3=CN(c4[c-]c(Oc5ccccn5)ccc4)[CH-]N3C)cc21.CN1[CH-]N(c2[c-]c(Oc3ccccn3)ccc2)C=C1c1ccc(-c2ccccc2)cc1.[Cl][Pt+].[Cl][Pt+].[Cl][Pt].[Cl][Pt].[c-]1c(Oc2ccccn2)cccc1-c1noc(-c2ccc(-c3ccccc3)cc2)n1.[c-]1c(Oc2ccccn2)cccc1-c1nsc(-c2ccc(-c3ccccc3)cc2)n1. The largest absolute Gasteiger partial charge is 0.459 e. The number of pyridine rings is 4. The van der Waals surface area contributed by atoms with Crippen LogP contribution >= 0.6 is 49.2 Å². The summed E-state index contributed by atoms with van der Waals surface area (Å²) < 4.78 is 33.3. The van der Waals surface area contributed by atoms with Crippen LogP contribution in [0, 0.1) is 37.6 Å². The van der Waals surface area contributed by atoms with Crippen molar-refractivity contribution in [3.8, 4) is 136 Å². The maximum Gasteiger partial charge on any atom is 0.247 e. The molecule has 0 radical (unpaired) electrons. The Labute approximate surface area is 877 Å². The van der Waals surface area contributed by atoms with Crippen molar-refractivity contribution >= 4 is 72.0 Å². The summed E-state index contributed by atoms with van der Waals surface area (Å²) in [5, 5.41) is 4.97. The molecule has 0 saturated carbocycles. The van der Waals surface area contributed by atoms with Crippen LogP contribution in [-0.4, -0.2) is 63.3 Å². The van der Waals surface area contributed by atoms with Gasteiger partial charge in [-0.3, -0.25) is 4.98 Å². The summed E-state index contributed by atoms with van der Waals surface area (Å²) in [5.74, 6) is 6.04. The Morgan fingerprint density at radius 1 is 0.360 bits per heavy atom. The molecule has 2 aliphatic heterocycles. The topological polar surface area (TPSA) is 166 Å². The molecule has 12 aromatic carbocycles. The molecule has 0 fully saturated rings. The number of rotatable bonds is 25. The van der Waals surface area contributed by atoms with Crippen LogP contribution in [0.4, 0.5) is 11.4 Å². The maximum atomic E-state index is 5.94. The van der Waals surface area contributed by atoms with Crippen molar-refractivity contribution in [2.75, 3.05) is 23.9 Å². The van der Waals surface area contributed by atoms with Crippen molar-refractivity contribution in [3.63, 3.8) is 0 Å². The van der Waals surface area contributed by atoms with E-state index in [9.17, 15) is 0 Å². The van der Waals surface area contributed by atoms with Crippen LogP contribution in [0.15, 0.2) is 394 Å². The monoisotopic (exact) mass is 2650 g/mol. The summed E-state index contributed by atoms with van der Waals surface area (Å²) in [4.78, 5) is 34.5. The third-order valence-corrected chi connectivity index (χ3v) is 23.2. The Balaban J connectivity index is 0.000000145. The first kappa shape index (κ1) is 103. The van der Waals surface area contributed by atoms with Gasteiger partial charge in [-0.25, -0.2) is 29.3 Å². The Hall–Kier alpha value is -12.3. The number of ether oxygens (including phenoxy) is 4. The Morgan fingerprint density at radius 2 is 0.719 bits per heavy atom. The zero-order valence-electron chi connectivity index (χ0n) is 75.4. The van der Waals surface area contributed by atoms with E-state index in [0.29, 0.717) is 69.6 Å². The third-order valence-electron chi connectivity index (χ3n) is 22.5. The van der Waals surface area contributed by atoms with E-state index in [1.807, 2.05) is 213 Å². The van der Waals surface area contributed by atoms with Crippen molar-refractivity contribution in [2.45, 2.75) is 57.8 Å². The molecule has 0 amide bonds. The number of hydrogen-bond acceptors (Lipinski definition) is 18. The van der Waals surface area contributed by atoms with E-state index in [4.69, 9.17) is 28.5 Å². The smallest absolute Gasteiger partial charge is 0.247 e. The first-order valence-corrected chi connectivity index (χ1v) is 56.1. The number of unbranched alkanes of at least 4 members (excludes halogenated alkanes) is 2. The molecular formula is C113H90Cl4N12O5Pt4S-4. The molecule has 18 aromatic rings. The quantitative estimate of drug-likeness (QED) is 0.0495. The van der Waals surface area contributed by atoms with Crippen LogP contribution in [0.5, 0.6) is 46.5 Å². The Bertz CT molecular complexity index is 6700. The van der Waals surface area contributed by atoms with Crippen LogP contribution in [-0.2, 0) is 80.5 Å². The molecule has 0 atom stereocenters. The molecule has 21 rings (SSSR count). The molecule has 1 aliphatic carbocycles. The predicted molar refractivity (Wildman–Crippen MR) is 544 cm³/mol. The van der Waals surface area contributed by atoms with E-state index in [2.05, 4.69) is 297 Å². The number of hydrogen-bond donors (Lipinski definition) is 0. The summed E-state index contributed by atoms with van der Waals surface area (Å²) >= 11 is 7.82. The van der Waals surface area contributed by atoms with E-state index in [-0.39, 0.29) is 5.41 Å². The van der Waals surface area contributed by atoms with Gasteiger partial charge in [-0.05, 0) is 160 Å². The fourth-order valence-electron chi connectivity index (χ4n) is 16.0. The molecule has 0 spiro atoms. The van der Waals surface area contributed by atoms with E-state index < -0.39 is 0 Å². The normalized spacial score (nSPS) is 12.1. The minimum Gasteiger partial charge on any atom is -0.459 e. The second-order valence-electron chi connectivity index (χ2n) is 31.3. The first-order chi connectivity index (χ1) is 68.6. The molecule has 8 heterocycles. The van der Waals surface area contributed by atoms with E-state index >= 15 is 0 Å². The molecule has 6 aromatic heterocycles. The number of nitrogens with zero attached hydrogens (tertiary/aromatic N) is 12. The van der Waals surface area contributed by atoms with Gasteiger partial charge in [0.2, 0.25) is 29.4 Å². The van der Waals surface area contributed by atoms with Crippen LogP contribution in [0.25, 0.3) is 101 Å². The molecule has 710 valence electrons. The van der Waals surface area contributed by atoms with E-state index in [1.165, 1.54) is 106 Å². The third kappa shape index (κ3) is 27.3. The van der Waals surface area contributed by atoms with Crippen LogP contribution in [0.3, 0.4) is 0 Å². The zero-order valence-corrected chi connectivity index (χ0v) is 88.4. The van der Waals surface area contributed by atoms with Gasteiger partial charge in [-0.15, -0.1) is 94.9 Å². The van der Waals surface area contributed by atoms with Crippen LogP contribution in [0.1, 0.15) is 74.6 Å². The van der Waals surface area contributed by atoms with Gasteiger partial charge in [-0.2, -0.15) is 25.5 Å². The first-order valence-electron chi connectivity index (χ1n) is 44.1. The summed E-state index contributed by atoms with van der Waals surface area (Å²) in [6.07, 6.45) is 18.4. The predicted octanol–water partition coefficient (Wildman–Crippen LogP) is 30.7. The molecule has 0 saturated heterocycles. The van der Waals surface area contributed by atoms with Crippen molar-refractivity contribution in [2.24, 2.45) is 0 Å². The average molecular weight is 2650 g/mol. The van der Waals surface area contributed by atoms with Crippen molar-refractivity contribution in [1.29, 1.82) is 0 Å². The number of anilines is 2. The molecule has 0 unspecified atom stereocenters. The molecular weight excluding hydrogens is 2560 g/mol. The molecule has 26 heteroatoms. The van der Waals surface area contributed by atoms with Gasteiger partial charge >= 0.3 is 113 Å². The second kappa shape index (κ2) is 53.2. The molecule has 139 heavy (non-hydrogen) atoms. The van der Waals surface area contributed by atoms with Crippen LogP contribution in [0.2, 0.25) is 0 Å². The van der Waals surface area contributed by atoms with E-state index in [0.717, 1.165) is 55.5 Å². The Morgan fingerprint density at radius 3 is 1.15 bits per heavy atom. The van der Waals surface area contributed by atoms with Gasteiger partial charge in [0.1, 0.15) is 10.8 Å². The minimum atomic E-state index is 0.0833. The number of aromatic nitrogens is 8. The van der Waals surface area contributed by atoms with Gasteiger partial charge in [-0.1, -0.05) is 270 Å². The zero-order chi connectivity index (χ0) is 96.9. The van der Waals surface area contributed by atoms with E-state index in [1.54, 1.807) is 112 Å². The maximum absolute atomic E-state index is 5.94. The fourth-order valence-corrected chi connectivity index (χ4v) is 16.6. The van der Waals surface area contributed by atoms with Gasteiger partial charge in [0.15, 0.2) is 0 Å². The van der Waals surface area contributed by atoms with Crippen molar-refractivity contribution in [1.82, 2.24) is 49.2 Å². The van der Waals surface area contributed by atoms with Gasteiger partial charge < -0.3 is 43.1 Å². The number of halogens is 4. The molecule has 17 nitrogen and oxygen atoms in total. The number of benzene rings is 12. The molecule has 0 bridgehead atoms. The number of fused-ring (bicyclic) bond motifs is 3. The summed E-state index contributed by atoms with van der Waals surface area (Å²) in [5.41, 5.74) is 22.9. The fraction of sp³-hybridized carbons (Fsp3) is 0.0973. The standard InChI is InChI=1S/C36H37N3O.C27H21N3O.C25H16N3O2.C25H16N3OS.4ClH.4Pt/c1-4-6-20-36(21-7-5-2)32-16-9-8-15-30(32)31-19-18-27(23-33(31)36)34-25-39(26-38(34)3)28-13-12-14-29(24-28)40-35-17-10-11-22-37-35;1-29-20-30(24-10-7-11-25(18-24)31-27-12-5-6-17-28-27)19-26(29)23-15-13-22(14-16-23)21-8-3-2-4-9-21;2*1-2-7-18(8-3-1)19-12-14-20(15-13-19)25-27-24(28-30-25)21-9-6-10-22(17-21)29-23-11-4-5-16-26-23;;;;;;;;/h8-19,22-23,25-26H,4-7,20-21H2,1-3H3;2-17,19-20H,1H3;2*1-16H;4*1H;;;;/q2*-2;2*-1;;;;;2*+1;2*+2/p-4. The van der Waals surface area contributed by atoms with Gasteiger partial charge in [0.25, 0.3) is 0 Å². The minimum absolute atomic E-state index is 0.0833. The summed E-state index contributed by atoms with van der Waals surface area (Å²) in [6, 6.07) is 131. The Kier molecular flexibility index (Phi) is 39.3. The van der Waals surface area contributed by atoms with Gasteiger partial charge in [0.05, 0.1) is 5.82 Å². The summed E-state index contributed by atoms with van der Waals surface area (Å²) in [6.45, 7) is 8.76. The molecule has 0 N–H and O–H groups in total. The second-order valence-corrected chi connectivity index (χ2v) is 32.1.